The molecule has 0 atom stereocenters. The van der Waals surface area contributed by atoms with Crippen LogP contribution in [0.4, 0.5) is 0 Å². The Bertz CT molecular complexity index is 664. The summed E-state index contributed by atoms with van der Waals surface area (Å²) in [7, 11) is 0. The number of hydrogen-bond donors (Lipinski definition) is 0. The molecule has 0 unspecified atom stereocenters. The smallest absolute Gasteiger partial charge is 0.231 e. The van der Waals surface area contributed by atoms with Gasteiger partial charge < -0.3 is 9.47 Å². The highest BCUT2D eigenvalue weighted by atomic mass is 16.7. The van der Waals surface area contributed by atoms with Crippen molar-refractivity contribution in [3.8, 4) is 22.6 Å². The minimum atomic E-state index is 0.202. The SMILES string of the molecule is CCCCCCn1cc(-c2cc3c(cc2C=O)OCO3)cn1. The van der Waals surface area contributed by atoms with Crippen LogP contribution in [-0.2, 0) is 6.54 Å². The van der Waals surface area contributed by atoms with E-state index in [1.54, 1.807) is 12.3 Å². The van der Waals surface area contributed by atoms with Crippen LogP contribution in [0, 0.1) is 0 Å². The van der Waals surface area contributed by atoms with Gasteiger partial charge in [0.2, 0.25) is 6.79 Å². The summed E-state index contributed by atoms with van der Waals surface area (Å²) >= 11 is 0. The molecule has 0 bridgehead atoms. The van der Waals surface area contributed by atoms with Gasteiger partial charge in [-0.05, 0) is 24.1 Å². The van der Waals surface area contributed by atoms with Gasteiger partial charge in [-0.3, -0.25) is 9.48 Å². The van der Waals surface area contributed by atoms with Gasteiger partial charge in [0, 0.05) is 23.9 Å². The highest BCUT2D eigenvalue weighted by Crippen LogP contribution is 2.38. The first-order valence-electron chi connectivity index (χ1n) is 7.73. The fraction of sp³-hybridized carbons (Fsp3) is 0.412. The molecule has 0 radical (unpaired) electrons. The first kappa shape index (κ1) is 14.6. The van der Waals surface area contributed by atoms with Crippen LogP contribution in [0.2, 0.25) is 0 Å². The summed E-state index contributed by atoms with van der Waals surface area (Å²) in [5, 5.41) is 4.39. The average molecular weight is 300 g/mol. The number of aldehydes is 1. The Hall–Kier alpha value is -2.30. The number of carbonyl (C=O) groups is 1. The van der Waals surface area contributed by atoms with Gasteiger partial charge in [-0.2, -0.15) is 5.10 Å². The Kier molecular flexibility index (Phi) is 4.42. The Labute approximate surface area is 129 Å². The molecule has 0 aliphatic carbocycles. The van der Waals surface area contributed by atoms with E-state index in [-0.39, 0.29) is 6.79 Å². The predicted molar refractivity (Wildman–Crippen MR) is 83.3 cm³/mol. The number of carbonyl (C=O) groups excluding carboxylic acids is 1. The van der Waals surface area contributed by atoms with E-state index < -0.39 is 0 Å². The lowest BCUT2D eigenvalue weighted by Gasteiger charge is -2.04. The van der Waals surface area contributed by atoms with E-state index in [4.69, 9.17) is 9.47 Å². The van der Waals surface area contributed by atoms with Gasteiger partial charge in [-0.15, -0.1) is 0 Å². The molecule has 1 aromatic heterocycles. The van der Waals surface area contributed by atoms with E-state index in [1.165, 1.54) is 19.3 Å². The van der Waals surface area contributed by atoms with Crippen molar-refractivity contribution in [1.82, 2.24) is 9.78 Å². The minimum Gasteiger partial charge on any atom is -0.454 e. The molecule has 1 aliphatic rings. The maximum absolute atomic E-state index is 11.3. The lowest BCUT2D eigenvalue weighted by atomic mass is 10.0. The molecule has 1 aromatic carbocycles. The molecule has 0 spiro atoms. The summed E-state index contributed by atoms with van der Waals surface area (Å²) in [6.07, 6.45) is 9.44. The second kappa shape index (κ2) is 6.64. The summed E-state index contributed by atoms with van der Waals surface area (Å²) in [5.41, 5.74) is 2.35. The number of ether oxygens (including phenoxy) is 2. The maximum Gasteiger partial charge on any atom is 0.231 e. The van der Waals surface area contributed by atoms with Gasteiger partial charge in [-0.25, -0.2) is 0 Å². The lowest BCUT2D eigenvalue weighted by molar-refractivity contribution is 0.112. The number of benzene rings is 1. The van der Waals surface area contributed by atoms with Gasteiger partial charge in [-0.1, -0.05) is 26.2 Å². The van der Waals surface area contributed by atoms with Crippen LogP contribution in [-0.4, -0.2) is 22.9 Å². The molecule has 22 heavy (non-hydrogen) atoms. The number of aromatic nitrogens is 2. The van der Waals surface area contributed by atoms with Crippen LogP contribution in [0.1, 0.15) is 43.0 Å². The van der Waals surface area contributed by atoms with Crippen LogP contribution in [0.3, 0.4) is 0 Å². The number of hydrogen-bond acceptors (Lipinski definition) is 4. The molecule has 2 heterocycles. The molecule has 5 heteroatoms. The number of rotatable bonds is 7. The van der Waals surface area contributed by atoms with E-state index in [0.717, 1.165) is 30.4 Å². The van der Waals surface area contributed by atoms with Gasteiger partial charge in [0.05, 0.1) is 6.20 Å². The number of unbranched alkanes of at least 4 members (excludes halogenated alkanes) is 3. The quantitative estimate of drug-likeness (QED) is 0.578. The third-order valence-corrected chi connectivity index (χ3v) is 3.86. The van der Waals surface area contributed by atoms with Crippen molar-refractivity contribution in [3.63, 3.8) is 0 Å². The third kappa shape index (κ3) is 2.98. The first-order valence-corrected chi connectivity index (χ1v) is 7.73. The van der Waals surface area contributed by atoms with E-state index in [1.807, 2.05) is 16.9 Å². The summed E-state index contributed by atoms with van der Waals surface area (Å²) in [5.74, 6) is 1.30. The molecule has 1 aliphatic heterocycles. The van der Waals surface area contributed by atoms with Crippen molar-refractivity contribution in [2.24, 2.45) is 0 Å². The number of aryl methyl sites for hydroxylation is 1. The Morgan fingerprint density at radius 3 is 2.82 bits per heavy atom. The van der Waals surface area contributed by atoms with E-state index in [2.05, 4.69) is 12.0 Å². The molecule has 0 saturated carbocycles. The predicted octanol–water partition coefficient (Wildman–Crippen LogP) is 3.67. The molecule has 0 saturated heterocycles. The Morgan fingerprint density at radius 2 is 2.05 bits per heavy atom. The first-order chi connectivity index (χ1) is 10.8. The summed E-state index contributed by atoms with van der Waals surface area (Å²) in [6.45, 7) is 3.31. The molecule has 5 nitrogen and oxygen atoms in total. The zero-order valence-corrected chi connectivity index (χ0v) is 12.7. The van der Waals surface area contributed by atoms with Crippen LogP contribution in [0.5, 0.6) is 11.5 Å². The molecule has 3 rings (SSSR count). The number of fused-ring (bicyclic) bond motifs is 1. The van der Waals surface area contributed by atoms with Gasteiger partial charge in [0.1, 0.15) is 0 Å². The standard InChI is InChI=1S/C17H20N2O3/c1-2-3-4-5-6-19-10-14(9-18-19)15-8-17-16(21-12-22-17)7-13(15)11-20/h7-11H,2-6,12H2,1H3. The molecule has 0 amide bonds. The van der Waals surface area contributed by atoms with Gasteiger partial charge in [0.15, 0.2) is 17.8 Å². The van der Waals surface area contributed by atoms with Crippen LogP contribution >= 0.6 is 0 Å². The van der Waals surface area contributed by atoms with E-state index in [9.17, 15) is 4.79 Å². The van der Waals surface area contributed by atoms with E-state index >= 15 is 0 Å². The van der Waals surface area contributed by atoms with Crippen molar-refractivity contribution < 1.29 is 14.3 Å². The highest BCUT2D eigenvalue weighted by molar-refractivity contribution is 5.89. The third-order valence-electron chi connectivity index (χ3n) is 3.86. The van der Waals surface area contributed by atoms with Gasteiger partial charge >= 0.3 is 0 Å². The van der Waals surface area contributed by atoms with Crippen LogP contribution in [0.15, 0.2) is 24.5 Å². The van der Waals surface area contributed by atoms with Crippen molar-refractivity contribution in [3.05, 3.63) is 30.1 Å². The topological polar surface area (TPSA) is 53.4 Å². The normalized spacial score (nSPS) is 12.6. The van der Waals surface area contributed by atoms with Crippen LogP contribution < -0.4 is 9.47 Å². The maximum atomic E-state index is 11.3. The largest absolute Gasteiger partial charge is 0.454 e. The minimum absolute atomic E-state index is 0.202. The second-order valence-corrected chi connectivity index (χ2v) is 5.46. The molecule has 0 N–H and O–H groups in total. The molecule has 2 aromatic rings. The molecular formula is C17H20N2O3. The van der Waals surface area contributed by atoms with Crippen molar-refractivity contribution in [1.29, 1.82) is 0 Å². The summed E-state index contributed by atoms with van der Waals surface area (Å²) in [4.78, 5) is 11.3. The number of nitrogens with zero attached hydrogens (tertiary/aromatic N) is 2. The van der Waals surface area contributed by atoms with Crippen molar-refractivity contribution in [2.75, 3.05) is 6.79 Å². The highest BCUT2D eigenvalue weighted by Gasteiger charge is 2.18. The van der Waals surface area contributed by atoms with Crippen molar-refractivity contribution in [2.45, 2.75) is 39.2 Å². The van der Waals surface area contributed by atoms with Crippen molar-refractivity contribution >= 4 is 6.29 Å². The second-order valence-electron chi connectivity index (χ2n) is 5.46. The average Bonchev–Trinajstić information content (AvgIpc) is 3.18. The zero-order chi connectivity index (χ0) is 15.4. The lowest BCUT2D eigenvalue weighted by Crippen LogP contribution is -1.97. The fourth-order valence-corrected chi connectivity index (χ4v) is 2.63. The van der Waals surface area contributed by atoms with E-state index in [0.29, 0.717) is 17.1 Å². The fourth-order valence-electron chi connectivity index (χ4n) is 2.63. The zero-order valence-electron chi connectivity index (χ0n) is 12.7. The molecule has 116 valence electrons. The van der Waals surface area contributed by atoms with Gasteiger partial charge in [0.25, 0.3) is 0 Å². The summed E-state index contributed by atoms with van der Waals surface area (Å²) in [6, 6.07) is 3.58. The van der Waals surface area contributed by atoms with Crippen LogP contribution in [0.25, 0.3) is 11.1 Å². The molecular weight excluding hydrogens is 280 g/mol. The molecule has 0 fully saturated rings. The Balaban J connectivity index is 1.79. The monoisotopic (exact) mass is 300 g/mol. The Morgan fingerprint density at radius 1 is 1.23 bits per heavy atom. The summed E-state index contributed by atoms with van der Waals surface area (Å²) < 4.78 is 12.6.